The monoisotopic (exact) mass is 380 g/mol. The van der Waals surface area contributed by atoms with Gasteiger partial charge in [-0.2, -0.15) is 0 Å². The van der Waals surface area contributed by atoms with Gasteiger partial charge in [0.15, 0.2) is 5.69 Å². The smallest absolute Gasteiger partial charge is 0.288 e. The molecule has 2 amide bonds. The van der Waals surface area contributed by atoms with Crippen molar-refractivity contribution < 1.29 is 14.3 Å². The molecule has 0 bridgehead atoms. The van der Waals surface area contributed by atoms with Crippen LogP contribution in [-0.4, -0.2) is 33.8 Å². The molecule has 2 N–H and O–H groups in total. The fraction of sp³-hybridized carbons (Fsp3) is 0.286. The second-order valence-electron chi connectivity index (χ2n) is 7.60. The Hall–Kier alpha value is -3.35. The number of rotatable bonds is 4. The average Bonchev–Trinajstić information content (AvgIpc) is 3.00. The van der Waals surface area contributed by atoms with E-state index in [0.29, 0.717) is 17.0 Å². The number of methoxy groups -OCH3 is 1. The summed E-state index contributed by atoms with van der Waals surface area (Å²) in [6.07, 6.45) is 1.71. The molecule has 7 heteroatoms. The Bertz CT molecular complexity index is 1050. The molecule has 28 heavy (non-hydrogen) atoms. The SMILES string of the molecule is COc1ccc(C)cc1NC(=O)c1nc(C(=O)NC(C)(C)C)n2ccccc12. The minimum atomic E-state index is -0.422. The van der Waals surface area contributed by atoms with Crippen LogP contribution in [0.5, 0.6) is 5.75 Å². The number of pyridine rings is 1. The van der Waals surface area contributed by atoms with Gasteiger partial charge in [0.1, 0.15) is 5.75 Å². The summed E-state index contributed by atoms with van der Waals surface area (Å²) in [5.74, 6) is -0.0525. The van der Waals surface area contributed by atoms with Gasteiger partial charge in [0.05, 0.1) is 18.3 Å². The number of carbonyl (C=O) groups excluding carboxylic acids is 2. The molecule has 7 nitrogen and oxygen atoms in total. The molecule has 3 aromatic rings. The zero-order chi connectivity index (χ0) is 20.5. The molecule has 146 valence electrons. The number of aromatic nitrogens is 2. The number of imidazole rings is 1. The zero-order valence-corrected chi connectivity index (χ0v) is 16.7. The molecule has 0 aliphatic carbocycles. The summed E-state index contributed by atoms with van der Waals surface area (Å²) in [6, 6.07) is 10.8. The maximum absolute atomic E-state index is 13.0. The lowest BCUT2D eigenvalue weighted by Gasteiger charge is -2.19. The molecular formula is C21H24N4O3. The summed E-state index contributed by atoms with van der Waals surface area (Å²) < 4.78 is 6.93. The van der Waals surface area contributed by atoms with Gasteiger partial charge >= 0.3 is 0 Å². The summed E-state index contributed by atoms with van der Waals surface area (Å²) in [6.45, 7) is 7.59. The molecule has 0 atom stereocenters. The van der Waals surface area contributed by atoms with E-state index in [2.05, 4.69) is 15.6 Å². The second kappa shape index (κ2) is 7.34. The summed E-state index contributed by atoms with van der Waals surface area (Å²) in [5, 5.41) is 5.72. The van der Waals surface area contributed by atoms with Gasteiger partial charge in [0.2, 0.25) is 5.82 Å². The summed E-state index contributed by atoms with van der Waals surface area (Å²) >= 11 is 0. The summed E-state index contributed by atoms with van der Waals surface area (Å²) in [7, 11) is 1.54. The van der Waals surface area contributed by atoms with E-state index < -0.39 is 11.4 Å². The van der Waals surface area contributed by atoms with E-state index in [1.54, 1.807) is 42.0 Å². The predicted octanol–water partition coefficient (Wildman–Crippen LogP) is 3.43. The number of ether oxygens (including phenoxy) is 1. The third-order valence-electron chi connectivity index (χ3n) is 4.06. The quantitative estimate of drug-likeness (QED) is 0.726. The van der Waals surface area contributed by atoms with Gasteiger partial charge in [0.25, 0.3) is 11.8 Å². The molecule has 0 spiro atoms. The number of benzene rings is 1. The van der Waals surface area contributed by atoms with Crippen LogP contribution in [0.4, 0.5) is 5.69 Å². The van der Waals surface area contributed by atoms with Crippen LogP contribution >= 0.6 is 0 Å². The summed E-state index contributed by atoms with van der Waals surface area (Å²) in [5.41, 5.74) is 1.82. The Morgan fingerprint density at radius 1 is 1.11 bits per heavy atom. The van der Waals surface area contributed by atoms with Crippen molar-refractivity contribution in [3.63, 3.8) is 0 Å². The maximum atomic E-state index is 13.0. The third kappa shape index (κ3) is 3.98. The molecule has 0 saturated carbocycles. The van der Waals surface area contributed by atoms with Crippen LogP contribution < -0.4 is 15.4 Å². The largest absolute Gasteiger partial charge is 0.495 e. The first-order valence-corrected chi connectivity index (χ1v) is 8.95. The van der Waals surface area contributed by atoms with Crippen LogP contribution in [-0.2, 0) is 0 Å². The van der Waals surface area contributed by atoms with Crippen molar-refractivity contribution in [1.29, 1.82) is 0 Å². The lowest BCUT2D eigenvalue weighted by molar-refractivity contribution is 0.0908. The van der Waals surface area contributed by atoms with Crippen LogP contribution in [0, 0.1) is 6.92 Å². The minimum Gasteiger partial charge on any atom is -0.495 e. The van der Waals surface area contributed by atoms with E-state index in [0.717, 1.165) is 5.56 Å². The molecule has 0 aliphatic heterocycles. The van der Waals surface area contributed by atoms with E-state index in [-0.39, 0.29) is 17.4 Å². The van der Waals surface area contributed by atoms with E-state index in [1.165, 1.54) is 0 Å². The lowest BCUT2D eigenvalue weighted by atomic mass is 10.1. The lowest BCUT2D eigenvalue weighted by Crippen LogP contribution is -2.41. The Balaban J connectivity index is 2.01. The van der Waals surface area contributed by atoms with Gasteiger partial charge in [-0.15, -0.1) is 0 Å². The average molecular weight is 380 g/mol. The number of nitrogens with zero attached hydrogens (tertiary/aromatic N) is 2. The number of amides is 2. The van der Waals surface area contributed by atoms with E-state index in [1.807, 2.05) is 39.8 Å². The van der Waals surface area contributed by atoms with Crippen LogP contribution in [0.1, 0.15) is 47.4 Å². The Morgan fingerprint density at radius 2 is 1.86 bits per heavy atom. The number of anilines is 1. The number of aryl methyl sites for hydroxylation is 1. The fourth-order valence-corrected chi connectivity index (χ4v) is 2.86. The number of carbonyl (C=O) groups is 2. The molecule has 2 heterocycles. The molecule has 1 aromatic carbocycles. The van der Waals surface area contributed by atoms with Crippen molar-refractivity contribution in [1.82, 2.24) is 14.7 Å². The minimum absolute atomic E-state index is 0.159. The Kier molecular flexibility index (Phi) is 5.09. The van der Waals surface area contributed by atoms with Crippen LogP contribution in [0.2, 0.25) is 0 Å². The third-order valence-corrected chi connectivity index (χ3v) is 4.06. The first kappa shape index (κ1) is 19.4. The van der Waals surface area contributed by atoms with E-state index in [4.69, 9.17) is 4.74 Å². The maximum Gasteiger partial charge on any atom is 0.288 e. The topological polar surface area (TPSA) is 84.7 Å². The standard InChI is InChI=1S/C21H24N4O3/c1-13-9-10-16(28-5)14(12-13)22-19(26)17-15-8-6-7-11-25(15)18(23-17)20(27)24-21(2,3)4/h6-12H,1-5H3,(H,22,26)(H,24,27). The van der Waals surface area contributed by atoms with E-state index in [9.17, 15) is 9.59 Å². The molecule has 2 aromatic heterocycles. The molecule has 3 rings (SSSR count). The Morgan fingerprint density at radius 3 is 2.54 bits per heavy atom. The molecule has 0 aliphatic rings. The molecule has 0 fully saturated rings. The van der Waals surface area contributed by atoms with Crippen molar-refractivity contribution in [2.75, 3.05) is 12.4 Å². The summed E-state index contributed by atoms with van der Waals surface area (Å²) in [4.78, 5) is 30.0. The normalized spacial score (nSPS) is 11.3. The number of hydrogen-bond acceptors (Lipinski definition) is 4. The molecule has 0 unspecified atom stereocenters. The second-order valence-corrected chi connectivity index (χ2v) is 7.60. The zero-order valence-electron chi connectivity index (χ0n) is 16.7. The highest BCUT2D eigenvalue weighted by atomic mass is 16.5. The molecule has 0 saturated heterocycles. The number of nitrogens with one attached hydrogen (secondary N) is 2. The van der Waals surface area contributed by atoms with Crippen molar-refractivity contribution in [3.05, 3.63) is 59.7 Å². The molecular weight excluding hydrogens is 356 g/mol. The van der Waals surface area contributed by atoms with Gasteiger partial charge in [-0.1, -0.05) is 12.1 Å². The molecule has 0 radical (unpaired) electrons. The Labute approximate surface area is 163 Å². The van der Waals surface area contributed by atoms with Crippen molar-refractivity contribution >= 4 is 23.0 Å². The van der Waals surface area contributed by atoms with Crippen LogP contribution in [0.15, 0.2) is 42.6 Å². The van der Waals surface area contributed by atoms with Crippen LogP contribution in [0.25, 0.3) is 5.52 Å². The van der Waals surface area contributed by atoms with Gasteiger partial charge in [-0.25, -0.2) is 4.98 Å². The van der Waals surface area contributed by atoms with Gasteiger partial charge in [-0.3, -0.25) is 14.0 Å². The van der Waals surface area contributed by atoms with E-state index >= 15 is 0 Å². The van der Waals surface area contributed by atoms with Crippen molar-refractivity contribution in [2.45, 2.75) is 33.2 Å². The predicted molar refractivity (Wildman–Crippen MR) is 108 cm³/mol. The first-order valence-electron chi connectivity index (χ1n) is 8.95. The van der Waals surface area contributed by atoms with Gasteiger partial charge in [0, 0.05) is 11.7 Å². The fourth-order valence-electron chi connectivity index (χ4n) is 2.86. The van der Waals surface area contributed by atoms with Crippen molar-refractivity contribution in [3.8, 4) is 5.75 Å². The van der Waals surface area contributed by atoms with Crippen molar-refractivity contribution in [2.24, 2.45) is 0 Å². The highest BCUT2D eigenvalue weighted by Crippen LogP contribution is 2.26. The highest BCUT2D eigenvalue weighted by molar-refractivity contribution is 6.09. The number of fused-ring (bicyclic) bond motifs is 1. The van der Waals surface area contributed by atoms with Gasteiger partial charge in [-0.05, 0) is 57.5 Å². The van der Waals surface area contributed by atoms with Gasteiger partial charge < -0.3 is 15.4 Å². The number of hydrogen-bond donors (Lipinski definition) is 2. The highest BCUT2D eigenvalue weighted by Gasteiger charge is 2.24. The first-order chi connectivity index (χ1) is 13.2. The van der Waals surface area contributed by atoms with Crippen LogP contribution in [0.3, 0.4) is 0 Å².